The molecule has 1 fully saturated rings. The van der Waals surface area contributed by atoms with Gasteiger partial charge >= 0.3 is 0 Å². The van der Waals surface area contributed by atoms with Gasteiger partial charge in [-0.05, 0) is 49.1 Å². The van der Waals surface area contributed by atoms with E-state index in [9.17, 15) is 0 Å². The Morgan fingerprint density at radius 2 is 2.17 bits per heavy atom. The average Bonchev–Trinajstić information content (AvgIpc) is 3.22. The molecule has 2 heteroatoms. The van der Waals surface area contributed by atoms with E-state index in [0.717, 1.165) is 24.5 Å². The summed E-state index contributed by atoms with van der Waals surface area (Å²) < 4.78 is 0. The molecule has 2 nitrogen and oxygen atoms in total. The maximum Gasteiger partial charge on any atom is 0.0702 e. The maximum atomic E-state index is 4.34. The lowest BCUT2D eigenvalue weighted by Crippen LogP contribution is -2.14. The van der Waals surface area contributed by atoms with Gasteiger partial charge in [0.15, 0.2) is 0 Å². The van der Waals surface area contributed by atoms with Crippen molar-refractivity contribution in [2.45, 2.75) is 32.2 Å². The van der Waals surface area contributed by atoms with Gasteiger partial charge in [-0.15, -0.1) is 0 Å². The van der Waals surface area contributed by atoms with Crippen LogP contribution in [0, 0.1) is 5.92 Å². The van der Waals surface area contributed by atoms with Crippen LogP contribution in [0.1, 0.15) is 31.2 Å². The summed E-state index contributed by atoms with van der Waals surface area (Å²) in [6, 6.07) is 10.6. The molecule has 0 saturated heterocycles. The van der Waals surface area contributed by atoms with Crippen molar-refractivity contribution in [3.8, 4) is 0 Å². The zero-order valence-electron chi connectivity index (χ0n) is 10.7. The molecule has 1 aromatic carbocycles. The lowest BCUT2D eigenvalue weighted by atomic mass is 10.1. The summed E-state index contributed by atoms with van der Waals surface area (Å²) in [6.45, 7) is 2.11. The molecule has 0 amide bonds. The van der Waals surface area contributed by atoms with Crippen molar-refractivity contribution in [2.75, 3.05) is 6.54 Å². The van der Waals surface area contributed by atoms with E-state index >= 15 is 0 Å². The Hall–Kier alpha value is -1.41. The molecule has 3 rings (SSSR count). The fourth-order valence-electron chi connectivity index (χ4n) is 2.39. The lowest BCUT2D eigenvalue weighted by molar-refractivity contribution is 0.594. The van der Waals surface area contributed by atoms with Crippen LogP contribution in [0.4, 0.5) is 0 Å². The van der Waals surface area contributed by atoms with Crippen molar-refractivity contribution in [3.05, 3.63) is 42.1 Å². The van der Waals surface area contributed by atoms with Gasteiger partial charge < -0.3 is 5.32 Å². The van der Waals surface area contributed by atoms with Gasteiger partial charge in [-0.1, -0.05) is 25.0 Å². The largest absolute Gasteiger partial charge is 0.313 e. The van der Waals surface area contributed by atoms with Gasteiger partial charge in [0.25, 0.3) is 0 Å². The number of hydrogen-bond acceptors (Lipinski definition) is 2. The SMILES string of the molecule is c1cnc2ccc(CNCCCC3CC3)cc2c1. The molecule has 1 saturated carbocycles. The smallest absolute Gasteiger partial charge is 0.0702 e. The fourth-order valence-corrected chi connectivity index (χ4v) is 2.39. The summed E-state index contributed by atoms with van der Waals surface area (Å²) in [4.78, 5) is 4.34. The normalized spacial score (nSPS) is 15.1. The standard InChI is InChI=1S/C16H20N2/c1(3-13-5-6-13)9-17-12-14-7-8-16-15(11-14)4-2-10-18-16/h2,4,7-8,10-11,13,17H,1,3,5-6,9,12H2. The summed E-state index contributed by atoms with van der Waals surface area (Å²) in [6.07, 6.45) is 7.52. The zero-order valence-corrected chi connectivity index (χ0v) is 10.7. The molecule has 1 aliphatic rings. The minimum atomic E-state index is 0.968. The summed E-state index contributed by atoms with van der Waals surface area (Å²) in [5.41, 5.74) is 2.43. The van der Waals surface area contributed by atoms with Crippen LogP contribution in [0.5, 0.6) is 0 Å². The highest BCUT2D eigenvalue weighted by Crippen LogP contribution is 2.33. The van der Waals surface area contributed by atoms with E-state index in [4.69, 9.17) is 0 Å². The maximum absolute atomic E-state index is 4.34. The molecular weight excluding hydrogens is 220 g/mol. The van der Waals surface area contributed by atoms with E-state index in [-0.39, 0.29) is 0 Å². The number of benzene rings is 1. The van der Waals surface area contributed by atoms with Crippen molar-refractivity contribution in [3.63, 3.8) is 0 Å². The second-order valence-electron chi connectivity index (χ2n) is 5.29. The molecule has 1 aliphatic carbocycles. The highest BCUT2D eigenvalue weighted by molar-refractivity contribution is 5.78. The highest BCUT2D eigenvalue weighted by atomic mass is 14.8. The van der Waals surface area contributed by atoms with Crippen LogP contribution in [-0.4, -0.2) is 11.5 Å². The van der Waals surface area contributed by atoms with Gasteiger partial charge in [-0.25, -0.2) is 0 Å². The van der Waals surface area contributed by atoms with Gasteiger partial charge in [-0.3, -0.25) is 4.98 Å². The molecule has 1 N–H and O–H groups in total. The van der Waals surface area contributed by atoms with Crippen LogP contribution in [-0.2, 0) is 6.54 Å². The minimum Gasteiger partial charge on any atom is -0.313 e. The number of rotatable bonds is 6. The number of aromatic nitrogens is 1. The summed E-state index contributed by atoms with van der Waals surface area (Å²) >= 11 is 0. The van der Waals surface area contributed by atoms with Gasteiger partial charge in [0.05, 0.1) is 5.52 Å². The second kappa shape index (κ2) is 5.49. The Bertz CT molecular complexity index is 517. The van der Waals surface area contributed by atoms with E-state index in [1.54, 1.807) is 0 Å². The van der Waals surface area contributed by atoms with E-state index in [0.29, 0.717) is 0 Å². The van der Waals surface area contributed by atoms with Crippen molar-refractivity contribution in [1.29, 1.82) is 0 Å². The molecule has 0 atom stereocenters. The number of pyridine rings is 1. The van der Waals surface area contributed by atoms with Crippen molar-refractivity contribution in [2.24, 2.45) is 5.92 Å². The Labute approximate surface area is 108 Å². The van der Waals surface area contributed by atoms with Crippen molar-refractivity contribution in [1.82, 2.24) is 10.3 Å². The molecule has 0 bridgehead atoms. The van der Waals surface area contributed by atoms with Gasteiger partial charge in [0.2, 0.25) is 0 Å². The molecule has 94 valence electrons. The molecule has 0 spiro atoms. The van der Waals surface area contributed by atoms with Crippen molar-refractivity contribution < 1.29 is 0 Å². The number of nitrogens with zero attached hydrogens (tertiary/aromatic N) is 1. The van der Waals surface area contributed by atoms with Crippen LogP contribution >= 0.6 is 0 Å². The van der Waals surface area contributed by atoms with E-state index < -0.39 is 0 Å². The molecule has 1 aromatic heterocycles. The Kier molecular flexibility index (Phi) is 3.56. The first kappa shape index (κ1) is 11.7. The van der Waals surface area contributed by atoms with Gasteiger partial charge in [-0.2, -0.15) is 0 Å². The predicted octanol–water partition coefficient (Wildman–Crippen LogP) is 3.51. The average molecular weight is 240 g/mol. The first-order valence-corrected chi connectivity index (χ1v) is 6.96. The van der Waals surface area contributed by atoms with Crippen LogP contribution < -0.4 is 5.32 Å². The van der Waals surface area contributed by atoms with E-state index in [1.165, 1.54) is 36.6 Å². The number of fused-ring (bicyclic) bond motifs is 1. The fraction of sp³-hybridized carbons (Fsp3) is 0.438. The highest BCUT2D eigenvalue weighted by Gasteiger charge is 2.19. The molecule has 0 aliphatic heterocycles. The Morgan fingerprint density at radius 1 is 1.22 bits per heavy atom. The molecule has 1 heterocycles. The van der Waals surface area contributed by atoms with E-state index in [2.05, 4.69) is 34.6 Å². The minimum absolute atomic E-state index is 0.968. The third-order valence-corrected chi connectivity index (χ3v) is 3.66. The monoisotopic (exact) mass is 240 g/mol. The Balaban J connectivity index is 1.50. The van der Waals surface area contributed by atoms with Gasteiger partial charge in [0.1, 0.15) is 0 Å². The molecule has 18 heavy (non-hydrogen) atoms. The lowest BCUT2D eigenvalue weighted by Gasteiger charge is -2.05. The van der Waals surface area contributed by atoms with Crippen LogP contribution in [0.25, 0.3) is 10.9 Å². The second-order valence-corrected chi connectivity index (χ2v) is 5.29. The topological polar surface area (TPSA) is 24.9 Å². The molecular formula is C16H20N2. The third-order valence-electron chi connectivity index (χ3n) is 3.66. The number of hydrogen-bond donors (Lipinski definition) is 1. The molecule has 0 radical (unpaired) electrons. The summed E-state index contributed by atoms with van der Waals surface area (Å²) in [5.74, 6) is 1.05. The zero-order chi connectivity index (χ0) is 12.2. The third kappa shape index (κ3) is 3.08. The number of nitrogens with one attached hydrogen (secondary N) is 1. The van der Waals surface area contributed by atoms with Crippen LogP contribution in [0.3, 0.4) is 0 Å². The quantitative estimate of drug-likeness (QED) is 0.781. The summed E-state index contributed by atoms with van der Waals surface area (Å²) in [5, 5.41) is 4.76. The van der Waals surface area contributed by atoms with Gasteiger partial charge in [0, 0.05) is 18.1 Å². The van der Waals surface area contributed by atoms with Crippen molar-refractivity contribution >= 4 is 10.9 Å². The first-order chi connectivity index (χ1) is 8.92. The van der Waals surface area contributed by atoms with Crippen LogP contribution in [0.15, 0.2) is 36.5 Å². The summed E-state index contributed by atoms with van der Waals surface area (Å²) in [7, 11) is 0. The Morgan fingerprint density at radius 3 is 3.06 bits per heavy atom. The predicted molar refractivity (Wildman–Crippen MR) is 75.4 cm³/mol. The van der Waals surface area contributed by atoms with Crippen LogP contribution in [0.2, 0.25) is 0 Å². The molecule has 2 aromatic rings. The first-order valence-electron chi connectivity index (χ1n) is 6.96. The molecule has 0 unspecified atom stereocenters. The van der Waals surface area contributed by atoms with E-state index in [1.807, 2.05) is 12.3 Å².